The van der Waals surface area contributed by atoms with Crippen LogP contribution in [0.3, 0.4) is 0 Å². The van der Waals surface area contributed by atoms with Crippen molar-refractivity contribution >= 4 is 0 Å². The van der Waals surface area contributed by atoms with Crippen LogP contribution in [-0.2, 0) is 0 Å². The lowest BCUT2D eigenvalue weighted by Crippen LogP contribution is -2.28. The lowest BCUT2D eigenvalue weighted by atomic mass is 9.68. The van der Waals surface area contributed by atoms with Crippen molar-refractivity contribution in [3.8, 4) is 0 Å². The zero-order valence-corrected chi connectivity index (χ0v) is 10.0. The highest BCUT2D eigenvalue weighted by atomic mass is 14.4. The zero-order chi connectivity index (χ0) is 10.0. The summed E-state index contributed by atoms with van der Waals surface area (Å²) in [6, 6.07) is 0. The van der Waals surface area contributed by atoms with E-state index in [0.29, 0.717) is 0 Å². The van der Waals surface area contributed by atoms with Crippen LogP contribution in [0.4, 0.5) is 0 Å². The molecule has 78 valence electrons. The van der Waals surface area contributed by atoms with Crippen molar-refractivity contribution in [2.24, 2.45) is 29.6 Å². The van der Waals surface area contributed by atoms with Gasteiger partial charge < -0.3 is 0 Å². The molecule has 13 heavy (non-hydrogen) atoms. The molecule has 0 aromatic heterocycles. The molecular formula is C13H26. The summed E-state index contributed by atoms with van der Waals surface area (Å²) in [4.78, 5) is 0. The molecule has 3 atom stereocenters. The van der Waals surface area contributed by atoms with Crippen LogP contribution in [-0.4, -0.2) is 0 Å². The van der Waals surface area contributed by atoms with Crippen molar-refractivity contribution < 1.29 is 0 Å². The van der Waals surface area contributed by atoms with E-state index < -0.39 is 0 Å². The van der Waals surface area contributed by atoms with Gasteiger partial charge >= 0.3 is 0 Å². The van der Waals surface area contributed by atoms with Crippen LogP contribution >= 0.6 is 0 Å². The van der Waals surface area contributed by atoms with Gasteiger partial charge in [-0.3, -0.25) is 0 Å². The molecular weight excluding hydrogens is 156 g/mol. The molecule has 0 nitrogen and oxygen atoms in total. The first-order valence-corrected chi connectivity index (χ1v) is 6.02. The topological polar surface area (TPSA) is 0 Å². The van der Waals surface area contributed by atoms with Crippen LogP contribution < -0.4 is 0 Å². The summed E-state index contributed by atoms with van der Waals surface area (Å²) in [6.45, 7) is 12.0. The lowest BCUT2D eigenvalue weighted by Gasteiger charge is -2.38. The highest BCUT2D eigenvalue weighted by Crippen LogP contribution is 2.40. The molecule has 0 bridgehead atoms. The quantitative estimate of drug-likeness (QED) is 0.595. The Bertz CT molecular complexity index is 146. The third-order valence-corrected chi connectivity index (χ3v) is 4.08. The Labute approximate surface area is 84.1 Å². The van der Waals surface area contributed by atoms with Crippen LogP contribution in [0.25, 0.3) is 0 Å². The fourth-order valence-electron chi connectivity index (χ4n) is 3.06. The van der Waals surface area contributed by atoms with Gasteiger partial charge in [0.25, 0.3) is 0 Å². The predicted octanol–water partition coefficient (Wildman–Crippen LogP) is 4.35. The monoisotopic (exact) mass is 182 g/mol. The van der Waals surface area contributed by atoms with Gasteiger partial charge in [-0.25, -0.2) is 0 Å². The zero-order valence-electron chi connectivity index (χ0n) is 10.0. The highest BCUT2D eigenvalue weighted by Gasteiger charge is 2.30. The van der Waals surface area contributed by atoms with Crippen molar-refractivity contribution in [3.63, 3.8) is 0 Å². The van der Waals surface area contributed by atoms with E-state index in [1.165, 1.54) is 19.3 Å². The first kappa shape index (κ1) is 11.1. The van der Waals surface area contributed by atoms with Crippen LogP contribution in [0.2, 0.25) is 0 Å². The van der Waals surface area contributed by atoms with E-state index in [4.69, 9.17) is 0 Å². The Morgan fingerprint density at radius 2 is 1.54 bits per heavy atom. The van der Waals surface area contributed by atoms with Crippen molar-refractivity contribution in [3.05, 3.63) is 0 Å². The molecule has 0 radical (unpaired) electrons. The van der Waals surface area contributed by atoms with E-state index in [1.54, 1.807) is 0 Å². The minimum atomic E-state index is 0.892. The Morgan fingerprint density at radius 1 is 0.923 bits per heavy atom. The highest BCUT2D eigenvalue weighted by molar-refractivity contribution is 4.80. The molecule has 0 heteroatoms. The molecule has 0 heterocycles. The molecule has 0 aliphatic heterocycles. The molecule has 1 rings (SSSR count). The van der Waals surface area contributed by atoms with E-state index in [2.05, 4.69) is 34.6 Å². The Hall–Kier alpha value is 0. The Morgan fingerprint density at radius 3 is 1.92 bits per heavy atom. The van der Waals surface area contributed by atoms with Gasteiger partial charge in [-0.05, 0) is 48.9 Å². The van der Waals surface area contributed by atoms with Gasteiger partial charge in [-0.15, -0.1) is 0 Å². The molecule has 0 aromatic rings. The molecule has 1 aliphatic rings. The van der Waals surface area contributed by atoms with Crippen molar-refractivity contribution in [2.75, 3.05) is 0 Å². The van der Waals surface area contributed by atoms with E-state index >= 15 is 0 Å². The minimum absolute atomic E-state index is 0.892. The summed E-state index contributed by atoms with van der Waals surface area (Å²) in [5.41, 5.74) is 0. The molecule has 0 spiro atoms. The molecule has 0 aromatic carbocycles. The summed E-state index contributed by atoms with van der Waals surface area (Å²) >= 11 is 0. The second-order valence-corrected chi connectivity index (χ2v) is 5.70. The van der Waals surface area contributed by atoms with Crippen LogP contribution in [0.1, 0.15) is 53.9 Å². The van der Waals surface area contributed by atoms with Gasteiger partial charge in [-0.2, -0.15) is 0 Å². The average molecular weight is 182 g/mol. The number of hydrogen-bond donors (Lipinski definition) is 0. The molecule has 0 saturated heterocycles. The third kappa shape index (κ3) is 2.72. The standard InChI is InChI=1S/C13H26/c1-9(2)12-6-7-13(10(3)4)11(5)8-12/h9-13H,6-8H2,1-5H3/t11-,12-,13-/m1/s1. The number of hydrogen-bond acceptors (Lipinski definition) is 0. The Balaban J connectivity index is 2.46. The van der Waals surface area contributed by atoms with Gasteiger partial charge in [0, 0.05) is 0 Å². The molecule has 1 aliphatic carbocycles. The van der Waals surface area contributed by atoms with Gasteiger partial charge in [0.05, 0.1) is 0 Å². The molecule has 1 saturated carbocycles. The average Bonchev–Trinajstić information content (AvgIpc) is 2.03. The second-order valence-electron chi connectivity index (χ2n) is 5.70. The molecule has 0 amide bonds. The van der Waals surface area contributed by atoms with Crippen LogP contribution in [0.5, 0.6) is 0 Å². The maximum absolute atomic E-state index is 2.46. The summed E-state index contributed by atoms with van der Waals surface area (Å²) in [5.74, 6) is 4.75. The van der Waals surface area contributed by atoms with E-state index in [0.717, 1.165) is 29.6 Å². The fraction of sp³-hybridized carbons (Fsp3) is 1.00. The van der Waals surface area contributed by atoms with Gasteiger partial charge in [0.15, 0.2) is 0 Å². The predicted molar refractivity (Wildman–Crippen MR) is 59.7 cm³/mol. The maximum Gasteiger partial charge on any atom is -0.0365 e. The minimum Gasteiger partial charge on any atom is -0.0625 e. The SMILES string of the molecule is CC(C)[C@@H]1CC[C@H](C(C)C)[C@H](C)C1. The second kappa shape index (κ2) is 4.48. The van der Waals surface area contributed by atoms with Crippen LogP contribution in [0.15, 0.2) is 0 Å². The van der Waals surface area contributed by atoms with Gasteiger partial charge in [0.2, 0.25) is 0 Å². The van der Waals surface area contributed by atoms with Crippen molar-refractivity contribution in [1.29, 1.82) is 0 Å². The normalized spacial score (nSPS) is 35.8. The van der Waals surface area contributed by atoms with E-state index in [-0.39, 0.29) is 0 Å². The lowest BCUT2D eigenvalue weighted by molar-refractivity contribution is 0.126. The van der Waals surface area contributed by atoms with Gasteiger partial charge in [0.1, 0.15) is 0 Å². The maximum atomic E-state index is 2.46. The number of rotatable bonds is 2. The Kier molecular flexibility index (Phi) is 3.82. The summed E-state index contributed by atoms with van der Waals surface area (Å²) in [7, 11) is 0. The molecule has 0 N–H and O–H groups in total. The summed E-state index contributed by atoms with van der Waals surface area (Å²) in [6.07, 6.45) is 4.42. The summed E-state index contributed by atoms with van der Waals surface area (Å²) < 4.78 is 0. The first-order chi connectivity index (χ1) is 6.02. The molecule has 1 fully saturated rings. The largest absolute Gasteiger partial charge is 0.0625 e. The first-order valence-electron chi connectivity index (χ1n) is 6.02. The van der Waals surface area contributed by atoms with E-state index in [1.807, 2.05) is 0 Å². The molecule has 0 unspecified atom stereocenters. The smallest absolute Gasteiger partial charge is 0.0365 e. The van der Waals surface area contributed by atoms with Crippen molar-refractivity contribution in [1.82, 2.24) is 0 Å². The fourth-order valence-corrected chi connectivity index (χ4v) is 3.06. The van der Waals surface area contributed by atoms with Crippen molar-refractivity contribution in [2.45, 2.75) is 53.9 Å². The van der Waals surface area contributed by atoms with E-state index in [9.17, 15) is 0 Å². The van der Waals surface area contributed by atoms with Crippen LogP contribution in [0, 0.1) is 29.6 Å². The summed E-state index contributed by atoms with van der Waals surface area (Å²) in [5, 5.41) is 0. The third-order valence-electron chi connectivity index (χ3n) is 4.08. The van der Waals surface area contributed by atoms with Gasteiger partial charge in [-0.1, -0.05) is 34.6 Å².